The third-order valence-corrected chi connectivity index (χ3v) is 0.545. The molecule has 0 saturated heterocycles. The van der Waals surface area contributed by atoms with Gasteiger partial charge in [0, 0.05) is 6.10 Å². The smallest absolute Gasteiger partial charge is 0.171 e. The summed E-state index contributed by atoms with van der Waals surface area (Å²) in [6.45, 7) is 2.65. The van der Waals surface area contributed by atoms with Gasteiger partial charge in [0.2, 0.25) is 0 Å². The minimum Gasteiger partial charge on any atom is -0.679 e. The number of hydrogen-bond acceptors (Lipinski definition) is 1. The molecular formula is C7H20ClCoN5O-3. The molecule has 0 saturated carbocycles. The topological polar surface area (TPSA) is 139 Å². The third-order valence-electron chi connectivity index (χ3n) is 0.545. The van der Waals surface area contributed by atoms with Crippen molar-refractivity contribution < 1.29 is 19.9 Å². The van der Waals surface area contributed by atoms with Crippen molar-refractivity contribution in [2.24, 2.45) is 0 Å². The minimum atomic E-state index is -0.449. The first-order valence-electron chi connectivity index (χ1n) is 4.14. The fourth-order valence-electron chi connectivity index (χ4n) is 0. The van der Waals surface area contributed by atoms with Crippen LogP contribution in [0.5, 0.6) is 0 Å². The van der Waals surface area contributed by atoms with Gasteiger partial charge in [0.05, 0.1) is 0 Å². The average molecular weight is 285 g/mol. The Kier molecular flexibility index (Phi) is 60.1. The number of hydrogen-bond donors (Lipinski definition) is 1. The Balaban J connectivity index is -0.0000000562. The molecule has 1 unspecified atom stereocenters. The average Bonchev–Trinajstić information content (AvgIpc) is 2.32. The number of rotatable bonds is 3. The second-order valence-electron chi connectivity index (χ2n) is 2.05. The van der Waals surface area contributed by atoms with Gasteiger partial charge in [0.15, 0.2) is 0 Å². The van der Waals surface area contributed by atoms with E-state index in [9.17, 15) is 0 Å². The number of aliphatic hydroxyl groups excluding tert-OH is 1. The van der Waals surface area contributed by atoms with Crippen molar-refractivity contribution in [3.63, 3.8) is 0 Å². The van der Waals surface area contributed by atoms with Crippen molar-refractivity contribution in [3.05, 3.63) is 28.7 Å². The van der Waals surface area contributed by atoms with Crippen LogP contribution in [0.15, 0.2) is 0 Å². The Morgan fingerprint density at radius 1 is 0.933 bits per heavy atom. The van der Waals surface area contributed by atoms with E-state index in [2.05, 4.69) is 25.0 Å². The van der Waals surface area contributed by atoms with Gasteiger partial charge in [-0.2, -0.15) is 26.2 Å². The molecule has 0 bridgehead atoms. The molecule has 0 rings (SSSR count). The van der Waals surface area contributed by atoms with E-state index in [0.717, 1.165) is 0 Å². The van der Waals surface area contributed by atoms with Crippen molar-refractivity contribution in [2.45, 2.75) is 13.0 Å². The summed E-state index contributed by atoms with van der Waals surface area (Å²) in [5, 5.41) is 8.17. The number of aliphatic hydroxyl groups is 1. The predicted molar refractivity (Wildman–Crippen MR) is 63.5 cm³/mol. The Bertz CT molecular complexity index is 65.3. The summed E-state index contributed by atoms with van der Waals surface area (Å²) in [5.41, 5.74) is 31.5. The zero-order valence-corrected chi connectivity index (χ0v) is 10.6. The Labute approximate surface area is 105 Å². The van der Waals surface area contributed by atoms with Crippen LogP contribution in [0.1, 0.15) is 6.92 Å². The van der Waals surface area contributed by atoms with Gasteiger partial charge >= 0.3 is 25.0 Å². The molecule has 0 amide bonds. The second kappa shape index (κ2) is 36.5. The van der Waals surface area contributed by atoms with E-state index >= 15 is 0 Å². The van der Waals surface area contributed by atoms with Gasteiger partial charge in [-0.15, -0.1) is 6.54 Å². The van der Waals surface area contributed by atoms with Gasteiger partial charge in [-0.25, -0.2) is 0 Å². The van der Waals surface area contributed by atoms with Crippen LogP contribution in [-0.4, -0.2) is 43.9 Å². The van der Waals surface area contributed by atoms with Crippen LogP contribution >= 0.6 is 10.1 Å². The van der Waals surface area contributed by atoms with Crippen LogP contribution in [0.25, 0.3) is 28.7 Å². The molecular weight excluding hydrogens is 264 g/mol. The minimum absolute atomic E-state index is 0.111. The standard InChI is InChI=1S/C3H8NO.2C2H6N2.ClH.Co/c1-3(5)2-4;2*3-1-2-4;;/h3-5H,2H2,1H3;2*3-4H,1-2H2;1H;/q-1;2*-2;;+3/p-1. The van der Waals surface area contributed by atoms with E-state index in [1.54, 1.807) is 6.92 Å². The maximum absolute atomic E-state index is 8.17. The first-order valence-corrected chi connectivity index (χ1v) is 5.57. The summed E-state index contributed by atoms with van der Waals surface area (Å²) in [7, 11) is 4.33. The van der Waals surface area contributed by atoms with Crippen molar-refractivity contribution in [2.75, 3.05) is 32.7 Å². The first kappa shape index (κ1) is 24.7. The van der Waals surface area contributed by atoms with Gasteiger partial charge in [0.25, 0.3) is 0 Å². The predicted octanol–water partition coefficient (Wildman–Crippen LogP) is 3.29. The monoisotopic (exact) mass is 284 g/mol. The van der Waals surface area contributed by atoms with Crippen LogP contribution in [-0.2, 0) is 14.8 Å². The van der Waals surface area contributed by atoms with E-state index in [4.69, 9.17) is 33.8 Å². The van der Waals surface area contributed by atoms with E-state index in [1.165, 1.54) is 0 Å². The molecule has 98 valence electrons. The van der Waals surface area contributed by atoms with Gasteiger partial charge in [-0.05, 0) is 6.92 Å². The summed E-state index contributed by atoms with van der Waals surface area (Å²) >= 11 is 3.03. The zero-order chi connectivity index (χ0) is 13.1. The van der Waals surface area contributed by atoms with E-state index in [-0.39, 0.29) is 32.7 Å². The largest absolute Gasteiger partial charge is 0.679 e. The summed E-state index contributed by atoms with van der Waals surface area (Å²) in [6.07, 6.45) is -0.449. The van der Waals surface area contributed by atoms with Gasteiger partial charge in [-0.1, -0.05) is 0 Å². The molecule has 0 aliphatic carbocycles. The van der Waals surface area contributed by atoms with Crippen molar-refractivity contribution in [1.82, 2.24) is 0 Å². The Morgan fingerprint density at radius 3 is 1.07 bits per heavy atom. The summed E-state index contributed by atoms with van der Waals surface area (Å²) in [4.78, 5) is 0. The summed E-state index contributed by atoms with van der Waals surface area (Å²) in [5.74, 6) is 0. The molecule has 1 atom stereocenters. The Morgan fingerprint density at radius 2 is 1.07 bits per heavy atom. The summed E-state index contributed by atoms with van der Waals surface area (Å²) < 4.78 is 0. The maximum atomic E-state index is 8.17. The molecule has 0 aliphatic heterocycles. The normalized spacial score (nSPS) is 9.40. The van der Waals surface area contributed by atoms with Gasteiger partial charge < -0.3 is 33.8 Å². The van der Waals surface area contributed by atoms with Crippen LogP contribution in [0, 0.1) is 0 Å². The molecule has 0 spiro atoms. The third kappa shape index (κ3) is 111. The Hall–Kier alpha value is 0.556. The fourth-order valence-corrected chi connectivity index (χ4v) is 0. The van der Waals surface area contributed by atoms with E-state index in [1.807, 2.05) is 0 Å². The van der Waals surface area contributed by atoms with Gasteiger partial charge in [-0.3, -0.25) is 0 Å². The maximum Gasteiger partial charge on any atom is -0.171 e. The number of nitrogens with one attached hydrogen (secondary N) is 5. The molecule has 6 N–H and O–H groups in total. The molecule has 0 heterocycles. The second-order valence-corrected chi connectivity index (χ2v) is 2.05. The van der Waals surface area contributed by atoms with Crippen molar-refractivity contribution in [3.8, 4) is 0 Å². The molecule has 0 aromatic carbocycles. The SMILES string of the molecule is CC(O)C[NH-].[Cl][Co+2].[NH-]CC[NH-].[NH-]CC[NH-]. The van der Waals surface area contributed by atoms with Crippen LogP contribution in [0.4, 0.5) is 0 Å². The molecule has 0 aromatic heterocycles. The van der Waals surface area contributed by atoms with Crippen LogP contribution in [0.3, 0.4) is 0 Å². The summed E-state index contributed by atoms with van der Waals surface area (Å²) in [6, 6.07) is 0. The molecule has 0 aromatic rings. The molecule has 0 aliphatic rings. The fraction of sp³-hybridized carbons (Fsp3) is 1.00. The molecule has 0 fully saturated rings. The first-order chi connectivity index (χ1) is 7.10. The zero-order valence-electron chi connectivity index (χ0n) is 8.77. The molecule has 0 radical (unpaired) electrons. The quantitative estimate of drug-likeness (QED) is 0.834. The van der Waals surface area contributed by atoms with Crippen LogP contribution in [0.2, 0.25) is 0 Å². The molecule has 8 heteroatoms. The van der Waals surface area contributed by atoms with Crippen molar-refractivity contribution in [1.29, 1.82) is 0 Å². The molecule has 6 nitrogen and oxygen atoms in total. The van der Waals surface area contributed by atoms with Crippen molar-refractivity contribution >= 4 is 10.1 Å². The van der Waals surface area contributed by atoms with E-state index < -0.39 is 6.10 Å². The van der Waals surface area contributed by atoms with E-state index in [0.29, 0.717) is 0 Å². The number of halogens is 1. The van der Waals surface area contributed by atoms with Crippen LogP contribution < -0.4 is 0 Å². The van der Waals surface area contributed by atoms with Gasteiger partial charge in [0.1, 0.15) is 0 Å². The molecule has 15 heavy (non-hydrogen) atoms.